The maximum Gasteiger partial charge on any atom is 0.262 e. The molecule has 156 valence electrons. The van der Waals surface area contributed by atoms with Gasteiger partial charge in [0.1, 0.15) is 11.4 Å². The number of pyridine rings is 1. The summed E-state index contributed by atoms with van der Waals surface area (Å²) < 4.78 is 7.94. The minimum Gasteiger partial charge on any atom is -0.489 e. The number of aromatic nitrogens is 4. The van der Waals surface area contributed by atoms with E-state index in [0.717, 1.165) is 62.6 Å². The fourth-order valence-electron chi connectivity index (χ4n) is 3.72. The number of hydrogen-bond acceptors (Lipinski definition) is 7. The van der Waals surface area contributed by atoms with E-state index in [9.17, 15) is 4.79 Å². The molecule has 1 aliphatic heterocycles. The summed E-state index contributed by atoms with van der Waals surface area (Å²) in [4.78, 5) is 19.7. The van der Waals surface area contributed by atoms with Crippen LogP contribution in [-0.4, -0.2) is 57.8 Å². The number of aryl methyl sites for hydroxylation is 1. The lowest BCUT2D eigenvalue weighted by Gasteiger charge is -2.28. The molecule has 1 amide bonds. The molecule has 4 heterocycles. The molecule has 3 aromatic heterocycles. The molecule has 2 N–H and O–H groups in total. The van der Waals surface area contributed by atoms with Crippen LogP contribution >= 0.6 is 0 Å². The summed E-state index contributed by atoms with van der Waals surface area (Å²) >= 11 is 0. The second kappa shape index (κ2) is 7.91. The number of piperazine rings is 1. The van der Waals surface area contributed by atoms with Gasteiger partial charge in [-0.2, -0.15) is 0 Å². The first-order chi connectivity index (χ1) is 14.7. The summed E-state index contributed by atoms with van der Waals surface area (Å²) in [5.41, 5.74) is 2.11. The van der Waals surface area contributed by atoms with Crippen LogP contribution in [0.1, 0.15) is 35.3 Å². The standard InChI is InChI=1S/C21H25N7O2/c1-14-12-28-13-16(17(11-20(28)23-14)30-15-3-2-4-15)21(29)24-18-5-6-19(26-25-18)27-9-7-22-8-10-27/h5-6,11-13,15,22H,2-4,7-10H2,1H3,(H,24,25,29). The Labute approximate surface area is 174 Å². The topological polar surface area (TPSA) is 96.7 Å². The lowest BCUT2D eigenvalue weighted by Crippen LogP contribution is -2.43. The second-order valence-corrected chi connectivity index (χ2v) is 7.84. The number of carbonyl (C=O) groups is 1. The van der Waals surface area contributed by atoms with E-state index in [2.05, 4.69) is 30.7 Å². The van der Waals surface area contributed by atoms with Crippen LogP contribution in [-0.2, 0) is 0 Å². The van der Waals surface area contributed by atoms with Gasteiger partial charge in [0.15, 0.2) is 11.6 Å². The molecule has 2 fully saturated rings. The monoisotopic (exact) mass is 407 g/mol. The summed E-state index contributed by atoms with van der Waals surface area (Å²) in [5.74, 6) is 1.51. The van der Waals surface area contributed by atoms with Crippen molar-refractivity contribution < 1.29 is 9.53 Å². The third-order valence-corrected chi connectivity index (χ3v) is 5.60. The van der Waals surface area contributed by atoms with Crippen molar-refractivity contribution in [1.82, 2.24) is 24.9 Å². The molecule has 0 bridgehead atoms. The zero-order valence-electron chi connectivity index (χ0n) is 17.0. The molecule has 5 rings (SSSR count). The van der Waals surface area contributed by atoms with Crippen molar-refractivity contribution in [3.63, 3.8) is 0 Å². The average molecular weight is 407 g/mol. The fraction of sp³-hybridized carbons (Fsp3) is 0.429. The number of ether oxygens (including phenoxy) is 1. The van der Waals surface area contributed by atoms with Gasteiger partial charge in [0.25, 0.3) is 5.91 Å². The highest BCUT2D eigenvalue weighted by Gasteiger charge is 2.23. The van der Waals surface area contributed by atoms with Crippen molar-refractivity contribution in [2.75, 3.05) is 36.4 Å². The Balaban J connectivity index is 1.37. The smallest absolute Gasteiger partial charge is 0.262 e. The molecule has 0 unspecified atom stereocenters. The van der Waals surface area contributed by atoms with Crippen LogP contribution in [0.15, 0.2) is 30.6 Å². The molecule has 0 aromatic carbocycles. The van der Waals surface area contributed by atoms with E-state index < -0.39 is 0 Å². The van der Waals surface area contributed by atoms with Gasteiger partial charge in [0.05, 0.1) is 17.4 Å². The Bertz CT molecular complexity index is 1050. The van der Waals surface area contributed by atoms with E-state index in [1.54, 1.807) is 12.3 Å². The molecular weight excluding hydrogens is 382 g/mol. The average Bonchev–Trinajstić information content (AvgIpc) is 3.10. The number of fused-ring (bicyclic) bond motifs is 1. The van der Waals surface area contributed by atoms with Crippen molar-refractivity contribution in [3.05, 3.63) is 41.9 Å². The Morgan fingerprint density at radius 2 is 2.03 bits per heavy atom. The van der Waals surface area contributed by atoms with E-state index in [4.69, 9.17) is 4.74 Å². The minimum absolute atomic E-state index is 0.160. The number of imidazole rings is 1. The maximum atomic E-state index is 13.0. The molecule has 0 atom stereocenters. The van der Waals surface area contributed by atoms with Crippen molar-refractivity contribution in [2.45, 2.75) is 32.3 Å². The zero-order chi connectivity index (χ0) is 20.5. The van der Waals surface area contributed by atoms with Crippen LogP contribution < -0.4 is 20.3 Å². The highest BCUT2D eigenvalue weighted by Crippen LogP contribution is 2.29. The van der Waals surface area contributed by atoms with Crippen molar-refractivity contribution in [3.8, 4) is 5.75 Å². The number of rotatable bonds is 5. The van der Waals surface area contributed by atoms with Gasteiger partial charge in [-0.3, -0.25) is 4.79 Å². The van der Waals surface area contributed by atoms with Crippen LogP contribution in [0.2, 0.25) is 0 Å². The van der Waals surface area contributed by atoms with Crippen molar-refractivity contribution in [2.24, 2.45) is 0 Å². The van der Waals surface area contributed by atoms with Crippen LogP contribution in [0.4, 0.5) is 11.6 Å². The van der Waals surface area contributed by atoms with Gasteiger partial charge < -0.3 is 24.7 Å². The van der Waals surface area contributed by atoms with Gasteiger partial charge in [-0.25, -0.2) is 4.98 Å². The van der Waals surface area contributed by atoms with Crippen LogP contribution in [0.25, 0.3) is 5.65 Å². The van der Waals surface area contributed by atoms with Crippen molar-refractivity contribution >= 4 is 23.2 Å². The van der Waals surface area contributed by atoms with E-state index in [1.165, 1.54) is 0 Å². The van der Waals surface area contributed by atoms with Crippen LogP contribution in [0.5, 0.6) is 5.75 Å². The van der Waals surface area contributed by atoms with E-state index in [1.807, 2.05) is 29.7 Å². The quantitative estimate of drug-likeness (QED) is 0.668. The Hall–Kier alpha value is -3.20. The highest BCUT2D eigenvalue weighted by atomic mass is 16.5. The minimum atomic E-state index is -0.276. The van der Waals surface area contributed by atoms with Gasteiger partial charge >= 0.3 is 0 Å². The summed E-state index contributed by atoms with van der Waals surface area (Å²) in [6.45, 7) is 5.58. The maximum absolute atomic E-state index is 13.0. The van der Waals surface area contributed by atoms with Gasteiger partial charge in [-0.1, -0.05) is 0 Å². The second-order valence-electron chi connectivity index (χ2n) is 7.84. The number of carbonyl (C=O) groups excluding carboxylic acids is 1. The first-order valence-electron chi connectivity index (χ1n) is 10.4. The molecule has 2 aliphatic rings. The fourth-order valence-corrected chi connectivity index (χ4v) is 3.72. The third-order valence-electron chi connectivity index (χ3n) is 5.60. The van der Waals surface area contributed by atoms with Crippen molar-refractivity contribution in [1.29, 1.82) is 0 Å². The molecule has 1 aliphatic carbocycles. The number of nitrogens with zero attached hydrogens (tertiary/aromatic N) is 5. The lowest BCUT2D eigenvalue weighted by molar-refractivity contribution is 0.0990. The molecular formula is C21H25N7O2. The molecule has 9 nitrogen and oxygen atoms in total. The normalized spacial score (nSPS) is 17.0. The predicted molar refractivity (Wildman–Crippen MR) is 113 cm³/mol. The predicted octanol–water partition coefficient (Wildman–Crippen LogP) is 2.03. The number of amides is 1. The summed E-state index contributed by atoms with van der Waals surface area (Å²) in [6.07, 6.45) is 7.00. The van der Waals surface area contributed by atoms with E-state index in [-0.39, 0.29) is 12.0 Å². The summed E-state index contributed by atoms with van der Waals surface area (Å²) in [7, 11) is 0. The number of hydrogen-bond donors (Lipinski definition) is 2. The molecule has 1 saturated carbocycles. The zero-order valence-corrected chi connectivity index (χ0v) is 17.0. The van der Waals surface area contributed by atoms with E-state index in [0.29, 0.717) is 17.1 Å². The summed E-state index contributed by atoms with van der Waals surface area (Å²) in [5, 5.41) is 14.7. The first kappa shape index (κ1) is 18.8. The molecule has 30 heavy (non-hydrogen) atoms. The van der Waals surface area contributed by atoms with Crippen LogP contribution in [0.3, 0.4) is 0 Å². The first-order valence-corrected chi connectivity index (χ1v) is 10.4. The number of anilines is 2. The Morgan fingerprint density at radius 1 is 1.20 bits per heavy atom. The van der Waals surface area contributed by atoms with Crippen LogP contribution in [0, 0.1) is 6.92 Å². The molecule has 0 spiro atoms. The van der Waals surface area contributed by atoms with Gasteiger partial charge in [0.2, 0.25) is 0 Å². The SMILES string of the molecule is Cc1cn2cc(C(=O)Nc3ccc(N4CCNCC4)nn3)c(OC3CCC3)cc2n1. The molecule has 3 aromatic rings. The van der Waals surface area contributed by atoms with Gasteiger partial charge in [0, 0.05) is 44.6 Å². The van der Waals surface area contributed by atoms with E-state index >= 15 is 0 Å². The number of nitrogens with one attached hydrogen (secondary N) is 2. The lowest BCUT2D eigenvalue weighted by atomic mass is 9.96. The molecule has 1 saturated heterocycles. The largest absolute Gasteiger partial charge is 0.489 e. The van der Waals surface area contributed by atoms with Gasteiger partial charge in [-0.15, -0.1) is 10.2 Å². The molecule has 9 heteroatoms. The van der Waals surface area contributed by atoms with Gasteiger partial charge in [-0.05, 0) is 38.3 Å². The summed E-state index contributed by atoms with van der Waals surface area (Å²) in [6, 6.07) is 5.51. The Kier molecular flexibility index (Phi) is 4.96. The Morgan fingerprint density at radius 3 is 2.73 bits per heavy atom. The molecule has 0 radical (unpaired) electrons. The highest BCUT2D eigenvalue weighted by molar-refractivity contribution is 6.05. The third kappa shape index (κ3) is 3.80.